The van der Waals surface area contributed by atoms with Gasteiger partial charge in [0.1, 0.15) is 5.56 Å². The number of carboxylic acid groups (broad SMARTS) is 1. The van der Waals surface area contributed by atoms with Crippen LogP contribution in [0, 0.1) is 5.92 Å². The van der Waals surface area contributed by atoms with Gasteiger partial charge >= 0.3 is 5.97 Å². The van der Waals surface area contributed by atoms with Crippen molar-refractivity contribution in [3.8, 4) is 0 Å². The van der Waals surface area contributed by atoms with E-state index in [4.69, 9.17) is 5.11 Å². The van der Waals surface area contributed by atoms with Gasteiger partial charge in [-0.05, 0) is 25.7 Å². The normalized spacial score (nSPS) is 17.8. The van der Waals surface area contributed by atoms with E-state index in [1.807, 2.05) is 0 Å². The Balaban J connectivity index is 1.97. The summed E-state index contributed by atoms with van der Waals surface area (Å²) in [6.07, 6.45) is 5.30. The van der Waals surface area contributed by atoms with Gasteiger partial charge in [0, 0.05) is 19.6 Å². The first-order valence-electron chi connectivity index (χ1n) is 6.07. The molecule has 0 radical (unpaired) electrons. The minimum atomic E-state index is -0.911. The largest absolute Gasteiger partial charge is 0.478 e. The van der Waals surface area contributed by atoms with E-state index in [1.165, 1.54) is 25.5 Å². The molecule has 1 saturated carbocycles. The standard InChI is InChI=1S/C12H19N3O2/c1-8(9-4-3-5-9)13-7-11-10(12(16)17)6-14-15(11)2/h6,8-9,13H,3-5,7H2,1-2H3,(H,16,17). The smallest absolute Gasteiger partial charge is 0.339 e. The van der Waals surface area contributed by atoms with Gasteiger partial charge in [0.05, 0.1) is 11.9 Å². The summed E-state index contributed by atoms with van der Waals surface area (Å²) in [6.45, 7) is 2.73. The molecule has 17 heavy (non-hydrogen) atoms. The average molecular weight is 237 g/mol. The summed E-state index contributed by atoms with van der Waals surface area (Å²) in [5.41, 5.74) is 1.03. The summed E-state index contributed by atoms with van der Waals surface area (Å²) in [5.74, 6) is -0.164. The number of nitrogens with zero attached hydrogens (tertiary/aromatic N) is 2. The van der Waals surface area contributed by atoms with Gasteiger partial charge < -0.3 is 10.4 Å². The molecule has 1 fully saturated rings. The van der Waals surface area contributed by atoms with Gasteiger partial charge in [-0.25, -0.2) is 4.79 Å². The molecule has 2 rings (SSSR count). The Morgan fingerprint density at radius 1 is 1.71 bits per heavy atom. The molecule has 1 atom stereocenters. The summed E-state index contributed by atoms with van der Waals surface area (Å²) >= 11 is 0. The van der Waals surface area contributed by atoms with Crippen molar-refractivity contribution in [2.75, 3.05) is 0 Å². The third kappa shape index (κ3) is 2.49. The molecular formula is C12H19N3O2. The zero-order chi connectivity index (χ0) is 12.4. The summed E-state index contributed by atoms with van der Waals surface area (Å²) in [5, 5.41) is 16.4. The Kier molecular flexibility index (Phi) is 3.47. The van der Waals surface area contributed by atoms with Gasteiger partial charge in [-0.3, -0.25) is 4.68 Å². The van der Waals surface area contributed by atoms with E-state index in [-0.39, 0.29) is 0 Å². The fourth-order valence-electron chi connectivity index (χ4n) is 2.22. The van der Waals surface area contributed by atoms with Crippen LogP contribution in [-0.4, -0.2) is 26.9 Å². The highest BCUT2D eigenvalue weighted by Crippen LogP contribution is 2.29. The van der Waals surface area contributed by atoms with Crippen molar-refractivity contribution in [2.45, 2.75) is 38.8 Å². The van der Waals surface area contributed by atoms with Crippen LogP contribution in [-0.2, 0) is 13.6 Å². The van der Waals surface area contributed by atoms with E-state index in [0.29, 0.717) is 18.2 Å². The van der Waals surface area contributed by atoms with Crippen molar-refractivity contribution in [1.82, 2.24) is 15.1 Å². The van der Waals surface area contributed by atoms with E-state index < -0.39 is 5.97 Å². The van der Waals surface area contributed by atoms with Crippen LogP contribution in [0.1, 0.15) is 42.2 Å². The Hall–Kier alpha value is -1.36. The Morgan fingerprint density at radius 3 is 2.94 bits per heavy atom. The number of hydrogen-bond acceptors (Lipinski definition) is 3. The fourth-order valence-corrected chi connectivity index (χ4v) is 2.22. The number of rotatable bonds is 5. The molecule has 2 N–H and O–H groups in total. The van der Waals surface area contributed by atoms with Crippen molar-refractivity contribution < 1.29 is 9.90 Å². The Labute approximate surface area is 101 Å². The molecule has 0 aromatic carbocycles. The minimum Gasteiger partial charge on any atom is -0.478 e. The van der Waals surface area contributed by atoms with Crippen molar-refractivity contribution in [1.29, 1.82) is 0 Å². The average Bonchev–Trinajstić information content (AvgIpc) is 2.54. The first-order valence-corrected chi connectivity index (χ1v) is 6.07. The summed E-state index contributed by atoms with van der Waals surface area (Å²) < 4.78 is 1.63. The van der Waals surface area contributed by atoms with E-state index in [9.17, 15) is 4.79 Å². The Morgan fingerprint density at radius 2 is 2.41 bits per heavy atom. The van der Waals surface area contributed by atoms with E-state index in [0.717, 1.165) is 11.6 Å². The first-order chi connectivity index (χ1) is 8.09. The molecule has 1 aliphatic rings. The third-order valence-electron chi connectivity index (χ3n) is 3.74. The van der Waals surface area contributed by atoms with Crippen LogP contribution in [0.3, 0.4) is 0 Å². The fraction of sp³-hybridized carbons (Fsp3) is 0.667. The lowest BCUT2D eigenvalue weighted by Crippen LogP contribution is -2.37. The lowest BCUT2D eigenvalue weighted by molar-refractivity contribution is 0.0695. The van der Waals surface area contributed by atoms with Gasteiger partial charge in [-0.15, -0.1) is 0 Å². The monoisotopic (exact) mass is 237 g/mol. The number of aromatic carboxylic acids is 1. The van der Waals surface area contributed by atoms with Crippen molar-refractivity contribution in [2.24, 2.45) is 13.0 Å². The van der Waals surface area contributed by atoms with Crippen LogP contribution in [0.15, 0.2) is 6.20 Å². The maximum Gasteiger partial charge on any atom is 0.339 e. The summed E-state index contributed by atoms with van der Waals surface area (Å²) in [4.78, 5) is 11.0. The second-order valence-corrected chi connectivity index (χ2v) is 4.79. The molecule has 1 aromatic rings. The lowest BCUT2D eigenvalue weighted by atomic mass is 9.80. The topological polar surface area (TPSA) is 67.2 Å². The second kappa shape index (κ2) is 4.87. The van der Waals surface area contributed by atoms with E-state index in [2.05, 4.69) is 17.3 Å². The quantitative estimate of drug-likeness (QED) is 0.812. The second-order valence-electron chi connectivity index (χ2n) is 4.79. The maximum absolute atomic E-state index is 11.0. The number of nitrogens with one attached hydrogen (secondary N) is 1. The lowest BCUT2D eigenvalue weighted by Gasteiger charge is -2.32. The SMILES string of the molecule is CC(NCc1c(C(=O)O)cnn1C)C1CCC1. The molecule has 0 amide bonds. The zero-order valence-corrected chi connectivity index (χ0v) is 10.3. The number of carbonyl (C=O) groups is 1. The van der Waals surface area contributed by atoms with Crippen molar-refractivity contribution in [3.63, 3.8) is 0 Å². The molecule has 5 nitrogen and oxygen atoms in total. The number of aryl methyl sites for hydroxylation is 1. The molecule has 1 aliphatic carbocycles. The molecule has 0 bridgehead atoms. The number of aromatic nitrogens is 2. The molecule has 94 valence electrons. The minimum absolute atomic E-state index is 0.292. The molecule has 1 aromatic heterocycles. The number of carboxylic acids is 1. The molecule has 1 heterocycles. The van der Waals surface area contributed by atoms with Crippen LogP contribution >= 0.6 is 0 Å². The Bertz CT molecular complexity index is 410. The molecule has 5 heteroatoms. The van der Waals surface area contributed by atoms with Crippen LogP contribution in [0.2, 0.25) is 0 Å². The number of hydrogen-bond donors (Lipinski definition) is 2. The van der Waals surface area contributed by atoms with Gasteiger partial charge in [0.25, 0.3) is 0 Å². The van der Waals surface area contributed by atoms with E-state index in [1.54, 1.807) is 11.7 Å². The van der Waals surface area contributed by atoms with Crippen LogP contribution < -0.4 is 5.32 Å². The highest BCUT2D eigenvalue weighted by atomic mass is 16.4. The highest BCUT2D eigenvalue weighted by Gasteiger charge is 2.24. The third-order valence-corrected chi connectivity index (χ3v) is 3.74. The van der Waals surface area contributed by atoms with Gasteiger partial charge in [-0.2, -0.15) is 5.10 Å². The van der Waals surface area contributed by atoms with Crippen LogP contribution in [0.5, 0.6) is 0 Å². The summed E-state index contributed by atoms with van der Waals surface area (Å²) in [7, 11) is 1.78. The predicted octanol–water partition coefficient (Wildman–Crippen LogP) is 1.40. The van der Waals surface area contributed by atoms with Crippen molar-refractivity contribution in [3.05, 3.63) is 17.5 Å². The molecule has 0 spiro atoms. The van der Waals surface area contributed by atoms with Crippen LogP contribution in [0.25, 0.3) is 0 Å². The summed E-state index contributed by atoms with van der Waals surface area (Å²) in [6, 6.07) is 0.445. The molecule has 0 aliphatic heterocycles. The zero-order valence-electron chi connectivity index (χ0n) is 10.3. The highest BCUT2D eigenvalue weighted by molar-refractivity contribution is 5.88. The van der Waals surface area contributed by atoms with Gasteiger partial charge in [0.2, 0.25) is 0 Å². The van der Waals surface area contributed by atoms with Gasteiger partial charge in [-0.1, -0.05) is 6.42 Å². The first kappa shape index (κ1) is 12.1. The van der Waals surface area contributed by atoms with Crippen molar-refractivity contribution >= 4 is 5.97 Å². The molecule has 1 unspecified atom stereocenters. The molecule has 0 saturated heterocycles. The van der Waals surface area contributed by atoms with E-state index >= 15 is 0 Å². The van der Waals surface area contributed by atoms with Gasteiger partial charge in [0.15, 0.2) is 0 Å². The molecular weight excluding hydrogens is 218 g/mol. The predicted molar refractivity (Wildman–Crippen MR) is 63.8 cm³/mol. The maximum atomic E-state index is 11.0. The van der Waals surface area contributed by atoms with Crippen LogP contribution in [0.4, 0.5) is 0 Å².